The van der Waals surface area contributed by atoms with Crippen LogP contribution in [0.5, 0.6) is 0 Å². The van der Waals surface area contributed by atoms with Gasteiger partial charge in [-0.2, -0.15) is 0 Å². The molecule has 4 nitrogen and oxygen atoms in total. The number of hydrogen-bond donors (Lipinski definition) is 2. The van der Waals surface area contributed by atoms with Crippen LogP contribution in [0.3, 0.4) is 0 Å². The van der Waals surface area contributed by atoms with E-state index in [9.17, 15) is 14.7 Å². The molecule has 1 aromatic carbocycles. The molecule has 0 saturated carbocycles. The van der Waals surface area contributed by atoms with Crippen LogP contribution in [0.25, 0.3) is 0 Å². The van der Waals surface area contributed by atoms with E-state index in [0.717, 1.165) is 0 Å². The largest absolute Gasteiger partial charge is 0.480 e. The van der Waals surface area contributed by atoms with Gasteiger partial charge < -0.3 is 10.4 Å². The van der Waals surface area contributed by atoms with Gasteiger partial charge >= 0.3 is 5.97 Å². The Hall–Kier alpha value is -1.55. The Labute approximate surface area is 111 Å². The van der Waals surface area contributed by atoms with E-state index in [2.05, 4.69) is 5.32 Å². The molecule has 0 aliphatic rings. The lowest BCUT2D eigenvalue weighted by atomic mass is 9.96. The van der Waals surface area contributed by atoms with Crippen molar-refractivity contribution in [2.75, 3.05) is 0 Å². The Balaban J connectivity index is 2.93. The monoisotopic (exact) mass is 269 g/mol. The molecule has 2 N–H and O–H groups in total. The number of carbonyl (C=O) groups excluding carboxylic acids is 1. The van der Waals surface area contributed by atoms with Crippen molar-refractivity contribution in [1.29, 1.82) is 0 Å². The van der Waals surface area contributed by atoms with Crippen molar-refractivity contribution >= 4 is 23.5 Å². The van der Waals surface area contributed by atoms with E-state index in [4.69, 9.17) is 11.6 Å². The van der Waals surface area contributed by atoms with Gasteiger partial charge in [-0.25, -0.2) is 4.79 Å². The van der Waals surface area contributed by atoms with E-state index in [1.54, 1.807) is 24.3 Å². The zero-order valence-electron chi connectivity index (χ0n) is 10.4. The summed E-state index contributed by atoms with van der Waals surface area (Å²) in [6, 6.07) is 6.54. The standard InChI is InChI=1S/C13H16ClNO3/c1-3-8-13(2,12(17)18)15-11(16)9-6-4-5-7-10(9)14/h4-7H,3,8H2,1-2H3,(H,15,16)(H,17,18). The second kappa shape index (κ2) is 5.87. The van der Waals surface area contributed by atoms with Gasteiger partial charge in [-0.1, -0.05) is 37.1 Å². The number of benzene rings is 1. The average molecular weight is 270 g/mol. The summed E-state index contributed by atoms with van der Waals surface area (Å²) in [5, 5.41) is 12.0. The average Bonchev–Trinajstić information content (AvgIpc) is 2.29. The van der Waals surface area contributed by atoms with E-state index in [0.29, 0.717) is 17.9 Å². The minimum absolute atomic E-state index is 0.280. The molecule has 1 rings (SSSR count). The molecule has 0 aromatic heterocycles. The second-order valence-corrected chi connectivity index (χ2v) is 4.73. The fourth-order valence-electron chi connectivity index (χ4n) is 1.69. The van der Waals surface area contributed by atoms with Gasteiger partial charge in [-0.3, -0.25) is 4.79 Å². The summed E-state index contributed by atoms with van der Waals surface area (Å²) >= 11 is 5.90. The first-order valence-corrected chi connectivity index (χ1v) is 6.09. The first-order valence-electron chi connectivity index (χ1n) is 5.71. The molecule has 0 aliphatic heterocycles. The Morgan fingerprint density at radius 1 is 1.39 bits per heavy atom. The van der Waals surface area contributed by atoms with Gasteiger partial charge in [0.1, 0.15) is 5.54 Å². The highest BCUT2D eigenvalue weighted by Gasteiger charge is 2.34. The molecule has 0 fully saturated rings. The highest BCUT2D eigenvalue weighted by Crippen LogP contribution is 2.18. The first-order chi connectivity index (χ1) is 8.40. The van der Waals surface area contributed by atoms with Crippen LogP contribution >= 0.6 is 11.6 Å². The molecule has 0 spiro atoms. The normalized spacial score (nSPS) is 13.7. The van der Waals surface area contributed by atoms with Crippen molar-refractivity contribution in [3.8, 4) is 0 Å². The lowest BCUT2D eigenvalue weighted by molar-refractivity contribution is -0.144. The van der Waals surface area contributed by atoms with Gasteiger partial charge in [0, 0.05) is 0 Å². The fraction of sp³-hybridized carbons (Fsp3) is 0.385. The summed E-state index contributed by atoms with van der Waals surface area (Å²) in [7, 11) is 0. The molecule has 5 heteroatoms. The minimum Gasteiger partial charge on any atom is -0.480 e. The molecule has 1 unspecified atom stereocenters. The molecule has 0 bridgehead atoms. The van der Waals surface area contributed by atoms with Crippen LogP contribution in [-0.2, 0) is 4.79 Å². The van der Waals surface area contributed by atoms with Gasteiger partial charge in [0.25, 0.3) is 5.91 Å². The summed E-state index contributed by atoms with van der Waals surface area (Å²) in [6.07, 6.45) is 1.02. The second-order valence-electron chi connectivity index (χ2n) is 4.32. The molecule has 1 atom stereocenters. The Kier molecular flexibility index (Phi) is 4.73. The topological polar surface area (TPSA) is 66.4 Å². The van der Waals surface area contributed by atoms with Crippen LogP contribution < -0.4 is 5.32 Å². The summed E-state index contributed by atoms with van der Waals surface area (Å²) in [5.41, 5.74) is -0.992. The third kappa shape index (κ3) is 3.23. The minimum atomic E-state index is -1.27. The van der Waals surface area contributed by atoms with Gasteiger partial charge in [0.2, 0.25) is 0 Å². The molecular weight excluding hydrogens is 254 g/mol. The van der Waals surface area contributed by atoms with Crippen LogP contribution in [0.4, 0.5) is 0 Å². The fourth-order valence-corrected chi connectivity index (χ4v) is 1.91. The maximum Gasteiger partial charge on any atom is 0.329 e. The van der Waals surface area contributed by atoms with Gasteiger partial charge in [0.05, 0.1) is 10.6 Å². The predicted molar refractivity (Wildman–Crippen MR) is 69.9 cm³/mol. The maximum absolute atomic E-state index is 12.0. The molecule has 0 radical (unpaired) electrons. The molecule has 98 valence electrons. The molecule has 0 saturated heterocycles. The van der Waals surface area contributed by atoms with Crippen LogP contribution in [0.1, 0.15) is 37.0 Å². The lowest BCUT2D eigenvalue weighted by Gasteiger charge is -2.25. The SMILES string of the molecule is CCCC(C)(NC(=O)c1ccccc1Cl)C(=O)O. The van der Waals surface area contributed by atoms with Crippen molar-refractivity contribution in [3.63, 3.8) is 0 Å². The predicted octanol–water partition coefficient (Wildman–Crippen LogP) is 2.71. The van der Waals surface area contributed by atoms with Crippen molar-refractivity contribution in [2.24, 2.45) is 0 Å². The summed E-state index contributed by atoms with van der Waals surface area (Å²) < 4.78 is 0. The zero-order chi connectivity index (χ0) is 13.8. The number of rotatable bonds is 5. The van der Waals surface area contributed by atoms with Crippen molar-refractivity contribution < 1.29 is 14.7 Å². The number of amides is 1. The molecular formula is C13H16ClNO3. The van der Waals surface area contributed by atoms with Crippen molar-refractivity contribution in [2.45, 2.75) is 32.2 Å². The smallest absolute Gasteiger partial charge is 0.329 e. The molecule has 0 heterocycles. The van der Waals surface area contributed by atoms with Crippen molar-refractivity contribution in [3.05, 3.63) is 34.9 Å². The summed E-state index contributed by atoms with van der Waals surface area (Å²) in [5.74, 6) is -1.52. The number of nitrogens with one attached hydrogen (secondary N) is 1. The quantitative estimate of drug-likeness (QED) is 0.864. The number of halogens is 1. The number of carboxylic acids is 1. The van der Waals surface area contributed by atoms with Gasteiger partial charge in [0.15, 0.2) is 0 Å². The number of hydrogen-bond acceptors (Lipinski definition) is 2. The number of aliphatic carboxylic acids is 1. The Morgan fingerprint density at radius 3 is 2.50 bits per heavy atom. The van der Waals surface area contributed by atoms with E-state index in [1.807, 2.05) is 6.92 Å². The molecule has 1 amide bonds. The molecule has 1 aromatic rings. The van der Waals surface area contributed by atoms with E-state index < -0.39 is 17.4 Å². The highest BCUT2D eigenvalue weighted by molar-refractivity contribution is 6.33. The number of carboxylic acid groups (broad SMARTS) is 1. The lowest BCUT2D eigenvalue weighted by Crippen LogP contribution is -2.52. The van der Waals surface area contributed by atoms with Gasteiger partial charge in [-0.15, -0.1) is 0 Å². The number of carbonyl (C=O) groups is 2. The van der Waals surface area contributed by atoms with Crippen LogP contribution in [0.15, 0.2) is 24.3 Å². The Bertz CT molecular complexity index is 461. The van der Waals surface area contributed by atoms with Gasteiger partial charge in [-0.05, 0) is 25.5 Å². The Morgan fingerprint density at radius 2 is 2.00 bits per heavy atom. The zero-order valence-corrected chi connectivity index (χ0v) is 11.1. The van der Waals surface area contributed by atoms with Crippen LogP contribution in [0, 0.1) is 0 Å². The van der Waals surface area contributed by atoms with E-state index >= 15 is 0 Å². The summed E-state index contributed by atoms with van der Waals surface area (Å²) in [6.45, 7) is 3.36. The van der Waals surface area contributed by atoms with E-state index in [-0.39, 0.29) is 5.56 Å². The summed E-state index contributed by atoms with van der Waals surface area (Å²) in [4.78, 5) is 23.2. The van der Waals surface area contributed by atoms with Crippen LogP contribution in [0.2, 0.25) is 5.02 Å². The first kappa shape index (κ1) is 14.5. The maximum atomic E-state index is 12.0. The third-order valence-electron chi connectivity index (χ3n) is 2.73. The van der Waals surface area contributed by atoms with E-state index in [1.165, 1.54) is 6.92 Å². The molecule has 0 aliphatic carbocycles. The third-order valence-corrected chi connectivity index (χ3v) is 3.06. The van der Waals surface area contributed by atoms with Crippen molar-refractivity contribution in [1.82, 2.24) is 5.32 Å². The highest BCUT2D eigenvalue weighted by atomic mass is 35.5. The van der Waals surface area contributed by atoms with Crippen LogP contribution in [-0.4, -0.2) is 22.5 Å². The molecule has 18 heavy (non-hydrogen) atoms.